The second kappa shape index (κ2) is 6.22. The molecule has 3 rings (SSSR count). The summed E-state index contributed by atoms with van der Waals surface area (Å²) in [5, 5.41) is 4.00. The van der Waals surface area contributed by atoms with Crippen LogP contribution in [0.4, 0.5) is 0 Å². The molecule has 112 valence electrons. The highest BCUT2D eigenvalue weighted by molar-refractivity contribution is 9.09. The maximum atomic E-state index is 12.2. The van der Waals surface area contributed by atoms with E-state index in [1.165, 1.54) is 31.2 Å². The molecule has 1 amide bonds. The Balaban J connectivity index is 1.61. The van der Waals surface area contributed by atoms with Crippen molar-refractivity contribution in [3.05, 3.63) is 35.6 Å². The van der Waals surface area contributed by atoms with E-state index in [2.05, 4.69) is 21.2 Å². The van der Waals surface area contributed by atoms with Crippen molar-refractivity contribution in [3.8, 4) is 0 Å². The fraction of sp³-hybridized carbons (Fsp3) is 0.471. The van der Waals surface area contributed by atoms with Gasteiger partial charge in [-0.2, -0.15) is 0 Å². The number of hydrogen-bond donors (Lipinski definition) is 1. The van der Waals surface area contributed by atoms with Crippen LogP contribution in [0.25, 0.3) is 11.0 Å². The number of carbonyl (C=O) groups is 1. The van der Waals surface area contributed by atoms with Crippen LogP contribution in [0.2, 0.25) is 0 Å². The average molecular weight is 350 g/mol. The number of benzene rings is 1. The summed E-state index contributed by atoms with van der Waals surface area (Å²) in [5.74, 6) is 0.893. The van der Waals surface area contributed by atoms with Gasteiger partial charge in [0.1, 0.15) is 5.58 Å². The van der Waals surface area contributed by atoms with Crippen molar-refractivity contribution in [1.82, 2.24) is 5.32 Å². The SMILES string of the molecule is Cc1ccc2oc(C(=O)NCC3CCC(Br)CC3)cc2c1. The van der Waals surface area contributed by atoms with Crippen LogP contribution in [0.1, 0.15) is 41.8 Å². The Hall–Kier alpha value is -1.29. The maximum absolute atomic E-state index is 12.2. The summed E-state index contributed by atoms with van der Waals surface area (Å²) >= 11 is 3.66. The summed E-state index contributed by atoms with van der Waals surface area (Å²) in [5.41, 5.74) is 1.94. The highest BCUT2D eigenvalue weighted by Gasteiger charge is 2.20. The van der Waals surface area contributed by atoms with Crippen molar-refractivity contribution < 1.29 is 9.21 Å². The Labute approximate surface area is 133 Å². The summed E-state index contributed by atoms with van der Waals surface area (Å²) in [6.45, 7) is 2.78. The zero-order valence-electron chi connectivity index (χ0n) is 12.2. The highest BCUT2D eigenvalue weighted by atomic mass is 79.9. The Morgan fingerprint density at radius 2 is 2.05 bits per heavy atom. The fourth-order valence-electron chi connectivity index (χ4n) is 2.92. The van der Waals surface area contributed by atoms with Crippen LogP contribution in [-0.4, -0.2) is 17.3 Å². The number of alkyl halides is 1. The van der Waals surface area contributed by atoms with Crippen molar-refractivity contribution in [2.75, 3.05) is 6.54 Å². The molecule has 1 aliphatic rings. The minimum Gasteiger partial charge on any atom is -0.451 e. The molecule has 0 aliphatic heterocycles. The van der Waals surface area contributed by atoms with Gasteiger partial charge >= 0.3 is 0 Å². The van der Waals surface area contributed by atoms with E-state index in [9.17, 15) is 4.79 Å². The first-order valence-electron chi connectivity index (χ1n) is 7.54. The average Bonchev–Trinajstić information content (AvgIpc) is 2.89. The number of carbonyl (C=O) groups excluding carboxylic acids is 1. The van der Waals surface area contributed by atoms with Gasteiger partial charge in [-0.15, -0.1) is 0 Å². The number of nitrogens with one attached hydrogen (secondary N) is 1. The largest absolute Gasteiger partial charge is 0.451 e. The van der Waals surface area contributed by atoms with E-state index in [0.29, 0.717) is 16.5 Å². The number of amides is 1. The van der Waals surface area contributed by atoms with Gasteiger partial charge < -0.3 is 9.73 Å². The second-order valence-corrected chi connectivity index (χ2v) is 7.27. The Morgan fingerprint density at radius 3 is 2.81 bits per heavy atom. The van der Waals surface area contributed by atoms with Gasteiger partial charge in [-0.1, -0.05) is 27.6 Å². The first kappa shape index (κ1) is 14.6. The summed E-state index contributed by atoms with van der Waals surface area (Å²) in [7, 11) is 0. The van der Waals surface area contributed by atoms with E-state index in [1.807, 2.05) is 31.2 Å². The Bertz CT molecular complexity index is 641. The van der Waals surface area contributed by atoms with Crippen LogP contribution in [0.15, 0.2) is 28.7 Å². The van der Waals surface area contributed by atoms with E-state index >= 15 is 0 Å². The second-order valence-electron chi connectivity index (χ2n) is 5.98. The normalized spacial score (nSPS) is 22.4. The Kier molecular flexibility index (Phi) is 4.34. The van der Waals surface area contributed by atoms with E-state index in [4.69, 9.17) is 4.42 Å². The number of hydrogen-bond acceptors (Lipinski definition) is 2. The van der Waals surface area contributed by atoms with Crippen LogP contribution in [0, 0.1) is 12.8 Å². The zero-order chi connectivity index (χ0) is 14.8. The van der Waals surface area contributed by atoms with Gasteiger partial charge in [-0.25, -0.2) is 0 Å². The molecule has 1 aliphatic carbocycles. The third-order valence-corrected chi connectivity index (χ3v) is 5.14. The summed E-state index contributed by atoms with van der Waals surface area (Å²) < 4.78 is 5.62. The lowest BCUT2D eigenvalue weighted by Gasteiger charge is -2.25. The van der Waals surface area contributed by atoms with E-state index in [-0.39, 0.29) is 5.91 Å². The van der Waals surface area contributed by atoms with Gasteiger partial charge in [-0.05, 0) is 56.7 Å². The molecule has 1 aromatic carbocycles. The van der Waals surface area contributed by atoms with Crippen LogP contribution in [0.3, 0.4) is 0 Å². The van der Waals surface area contributed by atoms with Gasteiger partial charge in [0.25, 0.3) is 5.91 Å². The van der Waals surface area contributed by atoms with Gasteiger partial charge in [0.15, 0.2) is 5.76 Å². The fourth-order valence-corrected chi connectivity index (χ4v) is 3.45. The molecule has 4 heteroatoms. The third-order valence-electron chi connectivity index (χ3n) is 4.22. The predicted octanol–water partition coefficient (Wildman–Crippen LogP) is 4.42. The molecule has 1 heterocycles. The molecule has 0 radical (unpaired) electrons. The topological polar surface area (TPSA) is 42.2 Å². The van der Waals surface area contributed by atoms with E-state index < -0.39 is 0 Å². The lowest BCUT2D eigenvalue weighted by molar-refractivity contribution is 0.0918. The van der Waals surface area contributed by atoms with Crippen LogP contribution < -0.4 is 5.32 Å². The molecule has 0 bridgehead atoms. The van der Waals surface area contributed by atoms with E-state index in [1.54, 1.807) is 0 Å². The molecule has 0 atom stereocenters. The van der Waals surface area contributed by atoms with Crippen LogP contribution in [-0.2, 0) is 0 Å². The van der Waals surface area contributed by atoms with Gasteiger partial charge in [0.2, 0.25) is 0 Å². The maximum Gasteiger partial charge on any atom is 0.287 e. The van der Waals surface area contributed by atoms with Gasteiger partial charge in [0.05, 0.1) is 0 Å². The molecule has 0 spiro atoms. The molecule has 21 heavy (non-hydrogen) atoms. The smallest absolute Gasteiger partial charge is 0.287 e. The van der Waals surface area contributed by atoms with Crippen molar-refractivity contribution in [3.63, 3.8) is 0 Å². The molecule has 1 N–H and O–H groups in total. The number of fused-ring (bicyclic) bond motifs is 1. The van der Waals surface area contributed by atoms with Gasteiger partial charge in [-0.3, -0.25) is 4.79 Å². The number of aryl methyl sites for hydroxylation is 1. The molecule has 3 nitrogen and oxygen atoms in total. The minimum absolute atomic E-state index is 0.107. The van der Waals surface area contributed by atoms with Crippen molar-refractivity contribution in [2.24, 2.45) is 5.92 Å². The molecule has 0 saturated heterocycles. The number of halogens is 1. The molecule has 1 saturated carbocycles. The summed E-state index contributed by atoms with van der Waals surface area (Å²) in [6.07, 6.45) is 4.75. The molecule has 0 unspecified atom stereocenters. The molecular formula is C17H20BrNO2. The lowest BCUT2D eigenvalue weighted by atomic mass is 9.89. The van der Waals surface area contributed by atoms with Crippen LogP contribution >= 0.6 is 15.9 Å². The molecule has 1 fully saturated rings. The van der Waals surface area contributed by atoms with Crippen molar-refractivity contribution >= 4 is 32.8 Å². The number of furan rings is 1. The molecule has 2 aromatic rings. The Morgan fingerprint density at radius 1 is 1.29 bits per heavy atom. The quantitative estimate of drug-likeness (QED) is 0.833. The first-order valence-corrected chi connectivity index (χ1v) is 8.46. The van der Waals surface area contributed by atoms with Crippen LogP contribution in [0.5, 0.6) is 0 Å². The lowest BCUT2D eigenvalue weighted by Crippen LogP contribution is -2.31. The minimum atomic E-state index is -0.107. The number of rotatable bonds is 3. The predicted molar refractivity (Wildman–Crippen MR) is 88.0 cm³/mol. The standard InChI is InChI=1S/C17H20BrNO2/c1-11-2-7-15-13(8-11)9-16(21-15)17(20)19-10-12-3-5-14(18)6-4-12/h2,7-9,12,14H,3-6,10H2,1H3,(H,19,20). The van der Waals surface area contributed by atoms with Crippen molar-refractivity contribution in [2.45, 2.75) is 37.4 Å². The van der Waals surface area contributed by atoms with Gasteiger partial charge in [0, 0.05) is 16.8 Å². The monoisotopic (exact) mass is 349 g/mol. The highest BCUT2D eigenvalue weighted by Crippen LogP contribution is 2.28. The van der Waals surface area contributed by atoms with Crippen molar-refractivity contribution in [1.29, 1.82) is 0 Å². The zero-order valence-corrected chi connectivity index (χ0v) is 13.8. The summed E-state index contributed by atoms with van der Waals surface area (Å²) in [4.78, 5) is 12.8. The molecular weight excluding hydrogens is 330 g/mol. The first-order chi connectivity index (χ1) is 10.1. The molecule has 1 aromatic heterocycles. The van der Waals surface area contributed by atoms with E-state index in [0.717, 1.165) is 17.5 Å². The summed E-state index contributed by atoms with van der Waals surface area (Å²) in [6, 6.07) is 7.77. The third kappa shape index (κ3) is 3.49.